The van der Waals surface area contributed by atoms with Crippen molar-refractivity contribution >= 4 is 17.7 Å². The molecule has 2 N–H and O–H groups in total. The summed E-state index contributed by atoms with van der Waals surface area (Å²) in [7, 11) is 0. The van der Waals surface area contributed by atoms with E-state index in [9.17, 15) is 4.79 Å². The molecule has 0 atom stereocenters. The Bertz CT molecular complexity index is 387. The van der Waals surface area contributed by atoms with Crippen LogP contribution in [0.4, 0.5) is 0 Å². The second-order valence-electron chi connectivity index (χ2n) is 4.70. The second-order valence-corrected chi connectivity index (χ2v) is 5.58. The van der Waals surface area contributed by atoms with Crippen molar-refractivity contribution < 1.29 is 4.79 Å². The predicted molar refractivity (Wildman–Crippen MR) is 75.7 cm³/mol. The van der Waals surface area contributed by atoms with Crippen LogP contribution in [-0.2, 0) is 11.3 Å². The minimum Gasteiger partial charge on any atom is -0.351 e. The third kappa shape index (κ3) is 4.70. The first-order valence-corrected chi connectivity index (χ1v) is 7.61. The minimum atomic E-state index is 0.0737. The summed E-state index contributed by atoms with van der Waals surface area (Å²) in [6.45, 7) is 2.02. The molecule has 0 radical (unpaired) electrons. The third-order valence-corrected chi connectivity index (χ3v) is 3.81. The van der Waals surface area contributed by atoms with Crippen LogP contribution in [0.3, 0.4) is 0 Å². The fourth-order valence-corrected chi connectivity index (χ4v) is 2.13. The van der Waals surface area contributed by atoms with Gasteiger partial charge in [-0.05, 0) is 49.3 Å². The molecule has 1 aliphatic rings. The van der Waals surface area contributed by atoms with Gasteiger partial charge in [-0.1, -0.05) is 12.1 Å². The minimum absolute atomic E-state index is 0.0737. The first kappa shape index (κ1) is 13.4. The largest absolute Gasteiger partial charge is 0.351 e. The van der Waals surface area contributed by atoms with Crippen LogP contribution in [0.1, 0.15) is 18.4 Å². The number of rotatable bonds is 7. The smallest absolute Gasteiger partial charge is 0.234 e. The molecule has 18 heavy (non-hydrogen) atoms. The van der Waals surface area contributed by atoms with Crippen LogP contribution in [-0.4, -0.2) is 25.3 Å². The van der Waals surface area contributed by atoms with Crippen molar-refractivity contribution in [3.63, 3.8) is 0 Å². The topological polar surface area (TPSA) is 41.1 Å². The molecule has 1 fully saturated rings. The van der Waals surface area contributed by atoms with E-state index in [0.717, 1.165) is 18.0 Å². The molecule has 0 aromatic heterocycles. The molecule has 1 aliphatic carbocycles. The SMILES string of the molecule is CSc1ccc(CNC(=O)CNCC2CC2)cc1. The van der Waals surface area contributed by atoms with Gasteiger partial charge >= 0.3 is 0 Å². The van der Waals surface area contributed by atoms with E-state index in [2.05, 4.69) is 41.2 Å². The van der Waals surface area contributed by atoms with Gasteiger partial charge in [0.2, 0.25) is 5.91 Å². The standard InChI is InChI=1S/C14H20N2OS/c1-18-13-6-4-12(5-7-13)9-16-14(17)10-15-8-11-2-3-11/h4-7,11,15H,2-3,8-10H2,1H3,(H,16,17). The Labute approximate surface area is 113 Å². The molecule has 0 aliphatic heterocycles. The Morgan fingerprint density at radius 1 is 1.33 bits per heavy atom. The zero-order valence-electron chi connectivity index (χ0n) is 10.7. The molecule has 1 amide bonds. The van der Waals surface area contributed by atoms with E-state index in [0.29, 0.717) is 13.1 Å². The third-order valence-electron chi connectivity index (χ3n) is 3.06. The van der Waals surface area contributed by atoms with Crippen LogP contribution in [0.2, 0.25) is 0 Å². The van der Waals surface area contributed by atoms with Crippen LogP contribution in [0.15, 0.2) is 29.2 Å². The van der Waals surface area contributed by atoms with Crippen molar-refractivity contribution in [3.05, 3.63) is 29.8 Å². The molecule has 1 aromatic carbocycles. The highest BCUT2D eigenvalue weighted by Crippen LogP contribution is 2.27. The van der Waals surface area contributed by atoms with Crippen LogP contribution in [0, 0.1) is 5.92 Å². The van der Waals surface area contributed by atoms with E-state index in [1.807, 2.05) is 0 Å². The molecule has 0 heterocycles. The first-order chi connectivity index (χ1) is 8.78. The van der Waals surface area contributed by atoms with E-state index < -0.39 is 0 Å². The van der Waals surface area contributed by atoms with Gasteiger partial charge in [0.05, 0.1) is 6.54 Å². The van der Waals surface area contributed by atoms with Crippen LogP contribution in [0.25, 0.3) is 0 Å². The lowest BCUT2D eigenvalue weighted by molar-refractivity contribution is -0.120. The molecule has 0 bridgehead atoms. The monoisotopic (exact) mass is 264 g/mol. The zero-order valence-corrected chi connectivity index (χ0v) is 11.6. The molecular formula is C14H20N2OS. The lowest BCUT2D eigenvalue weighted by Gasteiger charge is -2.07. The van der Waals surface area contributed by atoms with Crippen LogP contribution < -0.4 is 10.6 Å². The van der Waals surface area contributed by atoms with E-state index in [-0.39, 0.29) is 5.91 Å². The van der Waals surface area contributed by atoms with Gasteiger partial charge in [0, 0.05) is 11.4 Å². The summed E-state index contributed by atoms with van der Waals surface area (Å²) < 4.78 is 0. The van der Waals surface area contributed by atoms with E-state index in [4.69, 9.17) is 0 Å². The highest BCUT2D eigenvalue weighted by Gasteiger charge is 2.20. The number of benzene rings is 1. The Morgan fingerprint density at radius 2 is 2.06 bits per heavy atom. The number of carbonyl (C=O) groups is 1. The van der Waals surface area contributed by atoms with Gasteiger partial charge in [-0.2, -0.15) is 0 Å². The van der Waals surface area contributed by atoms with Gasteiger partial charge < -0.3 is 10.6 Å². The van der Waals surface area contributed by atoms with E-state index in [1.165, 1.54) is 17.7 Å². The quantitative estimate of drug-likeness (QED) is 0.740. The molecule has 4 heteroatoms. The Morgan fingerprint density at radius 3 is 2.67 bits per heavy atom. The fraction of sp³-hybridized carbons (Fsp3) is 0.500. The van der Waals surface area contributed by atoms with Crippen molar-refractivity contribution in [3.8, 4) is 0 Å². The maximum atomic E-state index is 11.6. The lowest BCUT2D eigenvalue weighted by Crippen LogP contribution is -2.34. The first-order valence-electron chi connectivity index (χ1n) is 6.38. The lowest BCUT2D eigenvalue weighted by atomic mass is 10.2. The zero-order chi connectivity index (χ0) is 12.8. The van der Waals surface area contributed by atoms with Crippen molar-refractivity contribution in [2.45, 2.75) is 24.3 Å². The number of hydrogen-bond donors (Lipinski definition) is 2. The predicted octanol–water partition coefficient (Wildman–Crippen LogP) is 2.02. The van der Waals surface area contributed by atoms with Gasteiger partial charge in [-0.15, -0.1) is 11.8 Å². The van der Waals surface area contributed by atoms with Gasteiger partial charge in [0.1, 0.15) is 0 Å². The molecule has 1 saturated carbocycles. The summed E-state index contributed by atoms with van der Waals surface area (Å²) in [6, 6.07) is 8.28. The Hall–Kier alpha value is -1.00. The summed E-state index contributed by atoms with van der Waals surface area (Å²) in [5.74, 6) is 0.890. The highest BCUT2D eigenvalue weighted by atomic mass is 32.2. The van der Waals surface area contributed by atoms with Crippen molar-refractivity contribution in [1.29, 1.82) is 0 Å². The normalized spacial score (nSPS) is 14.5. The number of nitrogens with one attached hydrogen (secondary N) is 2. The van der Waals surface area contributed by atoms with Crippen LogP contribution in [0.5, 0.6) is 0 Å². The van der Waals surface area contributed by atoms with Gasteiger partial charge in [-0.3, -0.25) is 4.79 Å². The second kappa shape index (κ2) is 6.81. The van der Waals surface area contributed by atoms with Gasteiger partial charge in [0.15, 0.2) is 0 Å². The molecule has 1 aromatic rings. The fourth-order valence-electron chi connectivity index (χ4n) is 1.72. The molecule has 2 rings (SSSR count). The van der Waals surface area contributed by atoms with Crippen molar-refractivity contribution in [1.82, 2.24) is 10.6 Å². The number of hydrogen-bond acceptors (Lipinski definition) is 3. The van der Waals surface area contributed by atoms with Crippen molar-refractivity contribution in [2.75, 3.05) is 19.3 Å². The average Bonchev–Trinajstić information content (AvgIpc) is 3.21. The van der Waals surface area contributed by atoms with Crippen molar-refractivity contribution in [2.24, 2.45) is 5.92 Å². The molecule has 0 unspecified atom stereocenters. The molecule has 0 spiro atoms. The number of amides is 1. The van der Waals surface area contributed by atoms with Gasteiger partial charge in [0.25, 0.3) is 0 Å². The number of thioether (sulfide) groups is 1. The van der Waals surface area contributed by atoms with E-state index >= 15 is 0 Å². The molecular weight excluding hydrogens is 244 g/mol. The Balaban J connectivity index is 1.64. The number of carbonyl (C=O) groups excluding carboxylic acids is 1. The molecule has 3 nitrogen and oxygen atoms in total. The van der Waals surface area contributed by atoms with Gasteiger partial charge in [-0.25, -0.2) is 0 Å². The Kier molecular flexibility index (Phi) is 5.08. The summed E-state index contributed by atoms with van der Waals surface area (Å²) >= 11 is 1.72. The maximum Gasteiger partial charge on any atom is 0.234 e. The summed E-state index contributed by atoms with van der Waals surface area (Å²) in [5.41, 5.74) is 1.14. The molecule has 98 valence electrons. The highest BCUT2D eigenvalue weighted by molar-refractivity contribution is 7.98. The summed E-state index contributed by atoms with van der Waals surface area (Å²) in [6.07, 6.45) is 4.69. The molecule has 0 saturated heterocycles. The maximum absolute atomic E-state index is 11.6. The summed E-state index contributed by atoms with van der Waals surface area (Å²) in [4.78, 5) is 12.8. The van der Waals surface area contributed by atoms with Crippen LogP contribution >= 0.6 is 11.8 Å². The summed E-state index contributed by atoms with van der Waals surface area (Å²) in [5, 5.41) is 6.11. The van der Waals surface area contributed by atoms with E-state index in [1.54, 1.807) is 11.8 Å². The average molecular weight is 264 g/mol.